The summed E-state index contributed by atoms with van der Waals surface area (Å²) in [6.45, 7) is 2.19. The minimum absolute atomic E-state index is 0.0993. The molecule has 1 amide bonds. The Morgan fingerprint density at radius 3 is 2.38 bits per heavy atom. The van der Waals surface area contributed by atoms with Gasteiger partial charge in [-0.15, -0.1) is 0 Å². The minimum atomic E-state index is -0.932. The summed E-state index contributed by atoms with van der Waals surface area (Å²) < 4.78 is 15.8. The van der Waals surface area contributed by atoms with Crippen molar-refractivity contribution in [3.05, 3.63) is 23.3 Å². The summed E-state index contributed by atoms with van der Waals surface area (Å²) in [5, 5.41) is 9.09. The largest absolute Gasteiger partial charge is 0.493 e. The number of carboxylic acid groups (broad SMARTS) is 1. The first-order valence-electron chi connectivity index (χ1n) is 7.69. The predicted octanol–water partition coefficient (Wildman–Crippen LogP) is 1.72. The van der Waals surface area contributed by atoms with Crippen LogP contribution in [0, 0.1) is 6.92 Å². The second-order valence-electron chi connectivity index (χ2n) is 5.82. The van der Waals surface area contributed by atoms with Crippen LogP contribution in [-0.2, 0) is 9.53 Å². The molecule has 2 atom stereocenters. The van der Waals surface area contributed by atoms with Crippen LogP contribution in [0.25, 0.3) is 0 Å². The molecule has 1 aliphatic rings. The van der Waals surface area contributed by atoms with E-state index in [1.807, 2.05) is 6.92 Å². The van der Waals surface area contributed by atoms with Gasteiger partial charge in [-0.2, -0.15) is 0 Å². The lowest BCUT2D eigenvalue weighted by Gasteiger charge is -2.24. The number of rotatable bonds is 6. The number of hydrogen-bond donors (Lipinski definition) is 1. The van der Waals surface area contributed by atoms with Gasteiger partial charge >= 0.3 is 5.97 Å². The SMILES string of the molecule is COc1cc(C)c(C(=O)N2CC(OC)CC2CC(=O)O)cc1OC. The van der Waals surface area contributed by atoms with Crippen LogP contribution in [0.3, 0.4) is 0 Å². The predicted molar refractivity (Wildman–Crippen MR) is 86.8 cm³/mol. The van der Waals surface area contributed by atoms with E-state index in [-0.39, 0.29) is 24.5 Å². The Morgan fingerprint density at radius 1 is 1.21 bits per heavy atom. The van der Waals surface area contributed by atoms with E-state index in [0.717, 1.165) is 5.56 Å². The highest BCUT2D eigenvalue weighted by Crippen LogP contribution is 2.32. The van der Waals surface area contributed by atoms with E-state index in [2.05, 4.69) is 0 Å². The Balaban J connectivity index is 2.33. The average molecular weight is 337 g/mol. The zero-order valence-corrected chi connectivity index (χ0v) is 14.4. The van der Waals surface area contributed by atoms with Crippen molar-refractivity contribution in [1.29, 1.82) is 0 Å². The lowest BCUT2D eigenvalue weighted by atomic mass is 10.0. The van der Waals surface area contributed by atoms with Crippen molar-refractivity contribution in [2.75, 3.05) is 27.9 Å². The standard InChI is InChI=1S/C17H23NO6/c1-10-5-14(23-3)15(24-4)8-13(10)17(21)18-9-12(22-2)6-11(18)7-16(19)20/h5,8,11-12H,6-7,9H2,1-4H3,(H,19,20). The van der Waals surface area contributed by atoms with E-state index < -0.39 is 5.97 Å². The third-order valence-electron chi connectivity index (χ3n) is 4.34. The first-order valence-corrected chi connectivity index (χ1v) is 7.69. The molecule has 1 fully saturated rings. The fourth-order valence-corrected chi connectivity index (χ4v) is 3.05. The lowest BCUT2D eigenvalue weighted by Crippen LogP contribution is -2.37. The van der Waals surface area contributed by atoms with E-state index >= 15 is 0 Å². The quantitative estimate of drug-likeness (QED) is 0.851. The number of benzene rings is 1. The van der Waals surface area contributed by atoms with Gasteiger partial charge in [-0.1, -0.05) is 0 Å². The molecule has 0 bridgehead atoms. The molecule has 0 spiro atoms. The molecule has 2 unspecified atom stereocenters. The van der Waals surface area contributed by atoms with Gasteiger partial charge in [0.25, 0.3) is 5.91 Å². The van der Waals surface area contributed by atoms with Crippen molar-refractivity contribution in [2.24, 2.45) is 0 Å². The van der Waals surface area contributed by atoms with Crippen molar-refractivity contribution < 1.29 is 28.9 Å². The number of nitrogens with zero attached hydrogens (tertiary/aromatic N) is 1. The zero-order chi connectivity index (χ0) is 17.9. The Labute approximate surface area is 141 Å². The van der Waals surface area contributed by atoms with Crippen LogP contribution in [0.2, 0.25) is 0 Å². The van der Waals surface area contributed by atoms with Gasteiger partial charge in [0, 0.05) is 25.3 Å². The van der Waals surface area contributed by atoms with Gasteiger partial charge in [0.1, 0.15) is 0 Å². The summed E-state index contributed by atoms with van der Waals surface area (Å²) in [6, 6.07) is 2.99. The number of carbonyl (C=O) groups excluding carboxylic acids is 1. The number of hydrogen-bond acceptors (Lipinski definition) is 5. The van der Waals surface area contributed by atoms with E-state index in [4.69, 9.17) is 19.3 Å². The average Bonchev–Trinajstić information content (AvgIpc) is 2.96. The van der Waals surface area contributed by atoms with Gasteiger partial charge in [-0.3, -0.25) is 9.59 Å². The maximum absolute atomic E-state index is 13.0. The number of aliphatic carboxylic acids is 1. The van der Waals surface area contributed by atoms with Gasteiger partial charge in [0.2, 0.25) is 0 Å². The van der Waals surface area contributed by atoms with Crippen LogP contribution < -0.4 is 9.47 Å². The maximum atomic E-state index is 13.0. The van der Waals surface area contributed by atoms with E-state index in [9.17, 15) is 9.59 Å². The lowest BCUT2D eigenvalue weighted by molar-refractivity contribution is -0.137. The summed E-state index contributed by atoms with van der Waals surface area (Å²) in [5.41, 5.74) is 1.22. The van der Waals surface area contributed by atoms with Crippen LogP contribution in [-0.4, -0.2) is 61.9 Å². The van der Waals surface area contributed by atoms with Crippen LogP contribution in [0.5, 0.6) is 11.5 Å². The number of methoxy groups -OCH3 is 3. The van der Waals surface area contributed by atoms with Crippen LogP contribution in [0.15, 0.2) is 12.1 Å². The van der Waals surface area contributed by atoms with Crippen LogP contribution in [0.1, 0.15) is 28.8 Å². The molecule has 0 aliphatic carbocycles. The molecule has 1 aliphatic heterocycles. The Bertz CT molecular complexity index is 630. The molecule has 0 saturated carbocycles. The summed E-state index contributed by atoms with van der Waals surface area (Å²) in [6.07, 6.45) is 0.262. The molecule has 1 N–H and O–H groups in total. The van der Waals surface area contributed by atoms with E-state index in [1.165, 1.54) is 14.2 Å². The number of aryl methyl sites for hydroxylation is 1. The number of amides is 1. The first-order chi connectivity index (χ1) is 11.4. The third-order valence-corrected chi connectivity index (χ3v) is 4.34. The number of carbonyl (C=O) groups is 2. The molecule has 1 saturated heterocycles. The highest BCUT2D eigenvalue weighted by molar-refractivity contribution is 5.97. The van der Waals surface area contributed by atoms with Gasteiger partial charge in [0.15, 0.2) is 11.5 Å². The molecule has 1 heterocycles. The van der Waals surface area contributed by atoms with E-state index in [1.54, 1.807) is 24.1 Å². The monoisotopic (exact) mass is 337 g/mol. The zero-order valence-electron chi connectivity index (χ0n) is 14.4. The maximum Gasteiger partial charge on any atom is 0.305 e. The highest BCUT2D eigenvalue weighted by Gasteiger charge is 2.37. The van der Waals surface area contributed by atoms with Crippen molar-refractivity contribution in [1.82, 2.24) is 4.90 Å². The van der Waals surface area contributed by atoms with Crippen molar-refractivity contribution >= 4 is 11.9 Å². The number of ether oxygens (including phenoxy) is 3. The molecule has 0 aromatic heterocycles. The fraction of sp³-hybridized carbons (Fsp3) is 0.529. The Morgan fingerprint density at radius 2 is 1.83 bits per heavy atom. The fourth-order valence-electron chi connectivity index (χ4n) is 3.05. The topological polar surface area (TPSA) is 85.3 Å². The van der Waals surface area contributed by atoms with Crippen LogP contribution in [0.4, 0.5) is 0 Å². The Kier molecular flexibility index (Phi) is 5.66. The third kappa shape index (κ3) is 3.62. The number of likely N-dealkylation sites (tertiary alicyclic amines) is 1. The number of carboxylic acids is 1. The molecular weight excluding hydrogens is 314 g/mol. The molecule has 0 radical (unpaired) electrons. The molecule has 132 valence electrons. The van der Waals surface area contributed by atoms with Crippen molar-refractivity contribution in [3.8, 4) is 11.5 Å². The van der Waals surface area contributed by atoms with E-state index in [0.29, 0.717) is 30.0 Å². The van der Waals surface area contributed by atoms with Gasteiger partial charge in [-0.05, 0) is 31.0 Å². The molecule has 24 heavy (non-hydrogen) atoms. The normalized spacial score (nSPS) is 20.1. The van der Waals surface area contributed by atoms with Crippen LogP contribution >= 0.6 is 0 Å². The molecule has 7 nitrogen and oxygen atoms in total. The molecule has 1 aromatic rings. The first kappa shape index (κ1) is 18.1. The molecule has 7 heteroatoms. The highest BCUT2D eigenvalue weighted by atomic mass is 16.5. The molecule has 2 rings (SSSR count). The van der Waals surface area contributed by atoms with Gasteiger partial charge in [0.05, 0.1) is 26.7 Å². The second kappa shape index (κ2) is 7.53. The smallest absolute Gasteiger partial charge is 0.305 e. The van der Waals surface area contributed by atoms with Crippen molar-refractivity contribution in [3.63, 3.8) is 0 Å². The van der Waals surface area contributed by atoms with Gasteiger partial charge in [-0.25, -0.2) is 0 Å². The second-order valence-corrected chi connectivity index (χ2v) is 5.82. The molecular formula is C17H23NO6. The Hall–Kier alpha value is -2.28. The minimum Gasteiger partial charge on any atom is -0.493 e. The van der Waals surface area contributed by atoms with Crippen molar-refractivity contribution in [2.45, 2.75) is 31.9 Å². The summed E-state index contributed by atoms with van der Waals surface area (Å²) in [7, 11) is 4.61. The molecule has 1 aromatic carbocycles. The summed E-state index contributed by atoms with van der Waals surface area (Å²) in [4.78, 5) is 25.6. The van der Waals surface area contributed by atoms with Gasteiger partial charge < -0.3 is 24.2 Å². The summed E-state index contributed by atoms with van der Waals surface area (Å²) >= 11 is 0. The summed E-state index contributed by atoms with van der Waals surface area (Å²) in [5.74, 6) is -0.147.